The van der Waals surface area contributed by atoms with E-state index >= 15 is 0 Å². The Labute approximate surface area is 143 Å². The molecule has 3 aromatic heterocycles. The van der Waals surface area contributed by atoms with Crippen LogP contribution in [0.4, 0.5) is 5.82 Å². The van der Waals surface area contributed by atoms with Gasteiger partial charge in [-0.2, -0.15) is 0 Å². The molecule has 0 N–H and O–H groups in total. The monoisotopic (exact) mass is 346 g/mol. The van der Waals surface area contributed by atoms with Crippen molar-refractivity contribution in [3.63, 3.8) is 0 Å². The molecular formula is C16H18N4OS2. The average Bonchev–Trinajstić information content (AvgIpc) is 3.20. The topological polar surface area (TPSA) is 51.1 Å². The Morgan fingerprint density at radius 1 is 1.39 bits per heavy atom. The van der Waals surface area contributed by atoms with Crippen LogP contribution in [0.15, 0.2) is 17.8 Å². The van der Waals surface area contributed by atoms with Crippen molar-refractivity contribution in [2.75, 3.05) is 24.6 Å². The number of fused-ring (bicyclic) bond motifs is 1. The molecule has 0 saturated carbocycles. The number of anilines is 1. The third-order valence-corrected chi connectivity index (χ3v) is 6.23. The third kappa shape index (κ3) is 2.84. The molecule has 0 bridgehead atoms. The van der Waals surface area contributed by atoms with Crippen LogP contribution >= 0.6 is 22.7 Å². The van der Waals surface area contributed by atoms with Gasteiger partial charge in [0.25, 0.3) is 0 Å². The van der Waals surface area contributed by atoms with E-state index in [9.17, 15) is 0 Å². The third-order valence-electron chi connectivity index (χ3n) is 3.99. The first-order chi connectivity index (χ1) is 11.2. The van der Waals surface area contributed by atoms with Gasteiger partial charge in [-0.3, -0.25) is 0 Å². The van der Waals surface area contributed by atoms with Crippen molar-refractivity contribution in [1.29, 1.82) is 0 Å². The molecule has 0 aromatic carbocycles. The Bertz CT molecular complexity index is 828. The molecular weight excluding hydrogens is 328 g/mol. The smallest absolute Gasteiger partial charge is 0.140 e. The molecule has 1 aliphatic heterocycles. The molecule has 5 nitrogen and oxygen atoms in total. The van der Waals surface area contributed by atoms with Gasteiger partial charge >= 0.3 is 0 Å². The Balaban J connectivity index is 1.66. The summed E-state index contributed by atoms with van der Waals surface area (Å²) in [6.07, 6.45) is 2.73. The van der Waals surface area contributed by atoms with Crippen molar-refractivity contribution in [2.24, 2.45) is 0 Å². The van der Waals surface area contributed by atoms with E-state index in [1.807, 2.05) is 6.92 Å². The van der Waals surface area contributed by atoms with Gasteiger partial charge in [-0.1, -0.05) is 6.92 Å². The van der Waals surface area contributed by atoms with Gasteiger partial charge in [0.1, 0.15) is 28.1 Å². The number of rotatable bonds is 3. The van der Waals surface area contributed by atoms with Crippen LogP contribution in [0.1, 0.15) is 28.6 Å². The van der Waals surface area contributed by atoms with E-state index in [0.29, 0.717) is 6.61 Å². The van der Waals surface area contributed by atoms with Crippen molar-refractivity contribution in [2.45, 2.75) is 26.4 Å². The molecule has 0 aliphatic carbocycles. The number of aromatic nitrogens is 3. The molecule has 1 fully saturated rings. The SMILES string of the molecule is CCc1cc2c(N3CCO[C@H](c4nc(C)cs4)C3)ncnc2s1. The molecule has 1 saturated heterocycles. The summed E-state index contributed by atoms with van der Waals surface area (Å²) in [5.41, 5.74) is 1.06. The first-order valence-electron chi connectivity index (χ1n) is 7.76. The highest BCUT2D eigenvalue weighted by molar-refractivity contribution is 7.18. The second-order valence-electron chi connectivity index (χ2n) is 5.61. The van der Waals surface area contributed by atoms with Gasteiger partial charge in [0, 0.05) is 22.5 Å². The van der Waals surface area contributed by atoms with Crippen LogP contribution in [-0.2, 0) is 11.2 Å². The summed E-state index contributed by atoms with van der Waals surface area (Å²) in [7, 11) is 0. The zero-order valence-electron chi connectivity index (χ0n) is 13.2. The lowest BCUT2D eigenvalue weighted by Crippen LogP contribution is -2.39. The minimum Gasteiger partial charge on any atom is -0.367 e. The van der Waals surface area contributed by atoms with E-state index < -0.39 is 0 Å². The first-order valence-corrected chi connectivity index (χ1v) is 9.46. The van der Waals surface area contributed by atoms with Crippen LogP contribution in [0.2, 0.25) is 0 Å². The number of aryl methyl sites for hydroxylation is 2. The number of thiazole rings is 1. The van der Waals surface area contributed by atoms with Gasteiger partial charge in [-0.05, 0) is 19.4 Å². The molecule has 0 unspecified atom stereocenters. The molecule has 23 heavy (non-hydrogen) atoms. The summed E-state index contributed by atoms with van der Waals surface area (Å²) in [4.78, 5) is 18.3. The van der Waals surface area contributed by atoms with E-state index in [2.05, 4.69) is 38.2 Å². The number of hydrogen-bond donors (Lipinski definition) is 0. The zero-order valence-corrected chi connectivity index (χ0v) is 14.8. The highest BCUT2D eigenvalue weighted by Gasteiger charge is 2.26. The van der Waals surface area contributed by atoms with E-state index in [-0.39, 0.29) is 6.10 Å². The Hall–Kier alpha value is -1.57. The summed E-state index contributed by atoms with van der Waals surface area (Å²) >= 11 is 3.43. The normalized spacial score (nSPS) is 18.7. The minimum absolute atomic E-state index is 0.0248. The van der Waals surface area contributed by atoms with E-state index in [1.165, 1.54) is 4.88 Å². The summed E-state index contributed by atoms with van der Waals surface area (Å²) in [6, 6.07) is 2.23. The second-order valence-corrected chi connectivity index (χ2v) is 7.62. The minimum atomic E-state index is 0.0248. The van der Waals surface area contributed by atoms with Crippen LogP contribution in [0.25, 0.3) is 10.2 Å². The lowest BCUT2D eigenvalue weighted by Gasteiger charge is -2.33. The van der Waals surface area contributed by atoms with Crippen molar-refractivity contribution in [1.82, 2.24) is 15.0 Å². The number of thiophene rings is 1. The van der Waals surface area contributed by atoms with Crippen LogP contribution in [0, 0.1) is 6.92 Å². The fraction of sp³-hybridized carbons (Fsp3) is 0.438. The molecule has 0 amide bonds. The van der Waals surface area contributed by atoms with Crippen LogP contribution < -0.4 is 4.90 Å². The predicted molar refractivity (Wildman–Crippen MR) is 94.6 cm³/mol. The lowest BCUT2D eigenvalue weighted by atomic mass is 10.2. The molecule has 0 spiro atoms. The maximum absolute atomic E-state index is 5.93. The largest absolute Gasteiger partial charge is 0.367 e. The Morgan fingerprint density at radius 2 is 2.30 bits per heavy atom. The van der Waals surface area contributed by atoms with Gasteiger partial charge in [0.2, 0.25) is 0 Å². The Kier molecular flexibility index (Phi) is 4.00. The molecule has 4 rings (SSSR count). The Morgan fingerprint density at radius 3 is 3.09 bits per heavy atom. The van der Waals surface area contributed by atoms with Gasteiger partial charge in [-0.25, -0.2) is 15.0 Å². The summed E-state index contributed by atoms with van der Waals surface area (Å²) in [5.74, 6) is 1.02. The maximum atomic E-state index is 5.93. The molecule has 4 heterocycles. The fourth-order valence-electron chi connectivity index (χ4n) is 2.83. The van der Waals surface area contributed by atoms with Crippen molar-refractivity contribution < 1.29 is 4.74 Å². The van der Waals surface area contributed by atoms with Gasteiger partial charge < -0.3 is 9.64 Å². The number of hydrogen-bond acceptors (Lipinski definition) is 7. The zero-order chi connectivity index (χ0) is 15.8. The maximum Gasteiger partial charge on any atom is 0.140 e. The van der Waals surface area contributed by atoms with Crippen LogP contribution in [-0.4, -0.2) is 34.6 Å². The van der Waals surface area contributed by atoms with E-state index in [4.69, 9.17) is 4.74 Å². The quantitative estimate of drug-likeness (QED) is 0.725. The number of nitrogens with zero attached hydrogens (tertiary/aromatic N) is 4. The van der Waals surface area contributed by atoms with Crippen LogP contribution in [0.5, 0.6) is 0 Å². The highest BCUT2D eigenvalue weighted by atomic mass is 32.1. The number of morpholine rings is 1. The predicted octanol–water partition coefficient (Wildman–Crippen LogP) is 3.60. The van der Waals surface area contributed by atoms with E-state index in [1.54, 1.807) is 29.0 Å². The van der Waals surface area contributed by atoms with Crippen molar-refractivity contribution in [3.05, 3.63) is 33.4 Å². The number of ether oxygens (including phenoxy) is 1. The summed E-state index contributed by atoms with van der Waals surface area (Å²) in [6.45, 7) is 6.53. The molecule has 7 heteroatoms. The van der Waals surface area contributed by atoms with Gasteiger partial charge in [-0.15, -0.1) is 22.7 Å². The standard InChI is InChI=1S/C16H18N4OS2/c1-3-11-6-12-14(17-9-18-15(12)23-11)20-4-5-21-13(7-20)16-19-10(2)8-22-16/h6,8-9,13H,3-5,7H2,1-2H3/t13-/m0/s1. The summed E-state index contributed by atoms with van der Waals surface area (Å²) in [5, 5.41) is 4.29. The van der Waals surface area contributed by atoms with Crippen molar-refractivity contribution >= 4 is 38.7 Å². The van der Waals surface area contributed by atoms with Crippen molar-refractivity contribution in [3.8, 4) is 0 Å². The lowest BCUT2D eigenvalue weighted by molar-refractivity contribution is 0.0394. The first kappa shape index (κ1) is 15.0. The van der Waals surface area contributed by atoms with E-state index in [0.717, 1.165) is 46.2 Å². The second kappa shape index (κ2) is 6.14. The fourth-order valence-corrected chi connectivity index (χ4v) is 4.59. The van der Waals surface area contributed by atoms with Gasteiger partial charge in [0.05, 0.1) is 18.5 Å². The highest BCUT2D eigenvalue weighted by Crippen LogP contribution is 2.33. The van der Waals surface area contributed by atoms with Crippen LogP contribution in [0.3, 0.4) is 0 Å². The molecule has 1 aliphatic rings. The summed E-state index contributed by atoms with van der Waals surface area (Å²) < 4.78 is 5.93. The molecule has 1 atom stereocenters. The molecule has 0 radical (unpaired) electrons. The van der Waals surface area contributed by atoms with Gasteiger partial charge in [0.15, 0.2) is 0 Å². The molecule has 3 aromatic rings. The molecule has 120 valence electrons. The average molecular weight is 346 g/mol.